The third-order valence-corrected chi connectivity index (χ3v) is 6.03. The molecule has 0 radical (unpaired) electrons. The smallest absolute Gasteiger partial charge is 0.312 e. The van der Waals surface area contributed by atoms with Crippen LogP contribution in [0, 0.1) is 16.2 Å². The highest BCUT2D eigenvalue weighted by molar-refractivity contribution is 5.78. The summed E-state index contributed by atoms with van der Waals surface area (Å²) in [6.07, 6.45) is 6.35. The van der Waals surface area contributed by atoms with Gasteiger partial charge in [-0.05, 0) is 42.9 Å². The summed E-state index contributed by atoms with van der Waals surface area (Å²) < 4.78 is 5.19. The van der Waals surface area contributed by atoms with Crippen molar-refractivity contribution in [3.63, 3.8) is 0 Å². The number of carbonyl (C=O) groups is 1. The van der Waals surface area contributed by atoms with Crippen molar-refractivity contribution in [2.75, 3.05) is 7.11 Å². The molecule has 1 aliphatic carbocycles. The Morgan fingerprint density at radius 1 is 1.22 bits per heavy atom. The fourth-order valence-corrected chi connectivity index (χ4v) is 3.78. The van der Waals surface area contributed by atoms with Crippen LogP contribution >= 0.6 is 0 Å². The van der Waals surface area contributed by atoms with Crippen LogP contribution in [0.3, 0.4) is 0 Å². The third kappa shape index (κ3) is 2.19. The van der Waals surface area contributed by atoms with Crippen LogP contribution in [0.5, 0.6) is 0 Å². The molecule has 0 aromatic heterocycles. The van der Waals surface area contributed by atoms with Gasteiger partial charge in [-0.2, -0.15) is 0 Å². The van der Waals surface area contributed by atoms with Crippen molar-refractivity contribution >= 4 is 5.97 Å². The quantitative estimate of drug-likeness (QED) is 0.672. The predicted molar refractivity (Wildman–Crippen MR) is 75.4 cm³/mol. The summed E-state index contributed by atoms with van der Waals surface area (Å²) in [5, 5.41) is 0. The van der Waals surface area contributed by atoms with Crippen LogP contribution in [0.1, 0.15) is 73.1 Å². The van der Waals surface area contributed by atoms with E-state index < -0.39 is 0 Å². The Labute approximate surface area is 112 Å². The van der Waals surface area contributed by atoms with Gasteiger partial charge in [-0.15, -0.1) is 0 Å². The minimum absolute atomic E-state index is 0.0193. The van der Waals surface area contributed by atoms with Crippen molar-refractivity contribution in [3.05, 3.63) is 0 Å². The van der Waals surface area contributed by atoms with Gasteiger partial charge in [0.15, 0.2) is 0 Å². The molecule has 0 aliphatic heterocycles. The molecule has 2 nitrogen and oxygen atoms in total. The summed E-state index contributed by atoms with van der Waals surface area (Å²) in [6, 6.07) is 0. The topological polar surface area (TPSA) is 26.3 Å². The van der Waals surface area contributed by atoms with Gasteiger partial charge in [0, 0.05) is 0 Å². The van der Waals surface area contributed by atoms with Crippen molar-refractivity contribution in [2.45, 2.75) is 73.1 Å². The Kier molecular flexibility index (Phi) is 4.51. The largest absolute Gasteiger partial charge is 0.469 e. The second-order valence-corrected chi connectivity index (χ2v) is 6.68. The number of methoxy groups -OCH3 is 1. The summed E-state index contributed by atoms with van der Waals surface area (Å²) >= 11 is 0. The second-order valence-electron chi connectivity index (χ2n) is 6.68. The highest BCUT2D eigenvalue weighted by Gasteiger charge is 2.58. The van der Waals surface area contributed by atoms with Gasteiger partial charge in [-0.25, -0.2) is 0 Å². The van der Waals surface area contributed by atoms with Gasteiger partial charge in [0.05, 0.1) is 12.5 Å². The maximum absolute atomic E-state index is 12.5. The molecule has 0 N–H and O–H groups in total. The van der Waals surface area contributed by atoms with Crippen molar-refractivity contribution < 1.29 is 9.53 Å². The summed E-state index contributed by atoms with van der Waals surface area (Å²) in [5.74, 6) is 0.0193. The first kappa shape index (κ1) is 15.5. The van der Waals surface area contributed by atoms with E-state index in [2.05, 4.69) is 34.6 Å². The maximum Gasteiger partial charge on any atom is 0.312 e. The summed E-state index contributed by atoms with van der Waals surface area (Å²) in [7, 11) is 1.54. The van der Waals surface area contributed by atoms with Gasteiger partial charge in [0.2, 0.25) is 0 Å². The van der Waals surface area contributed by atoms with E-state index in [0.29, 0.717) is 5.41 Å². The molecule has 106 valence electrons. The van der Waals surface area contributed by atoms with Gasteiger partial charge >= 0.3 is 5.97 Å². The van der Waals surface area contributed by atoms with E-state index >= 15 is 0 Å². The minimum atomic E-state index is -0.268. The standard InChI is InChI=1S/C16H30O2/c1-7-14(4)10-11-16(12-14,13(17)18-6)15(5,8-2)9-3/h7-12H2,1-6H3. The molecule has 0 bridgehead atoms. The lowest BCUT2D eigenvalue weighted by molar-refractivity contribution is -0.163. The lowest BCUT2D eigenvalue weighted by atomic mass is 9.59. The van der Waals surface area contributed by atoms with Crippen LogP contribution in [0.15, 0.2) is 0 Å². The zero-order chi connectivity index (χ0) is 14.0. The maximum atomic E-state index is 12.5. The molecule has 0 aromatic rings. The van der Waals surface area contributed by atoms with Crippen LogP contribution in [0.4, 0.5) is 0 Å². The Morgan fingerprint density at radius 3 is 2.11 bits per heavy atom. The van der Waals surface area contributed by atoms with Gasteiger partial charge in [-0.3, -0.25) is 4.79 Å². The van der Waals surface area contributed by atoms with E-state index in [4.69, 9.17) is 4.74 Å². The molecule has 18 heavy (non-hydrogen) atoms. The number of rotatable bonds is 5. The Morgan fingerprint density at radius 2 is 1.78 bits per heavy atom. The van der Waals surface area contributed by atoms with Crippen molar-refractivity contribution in [1.29, 1.82) is 0 Å². The molecule has 0 heterocycles. The van der Waals surface area contributed by atoms with E-state index in [1.165, 1.54) is 7.11 Å². The van der Waals surface area contributed by atoms with Gasteiger partial charge < -0.3 is 4.74 Å². The van der Waals surface area contributed by atoms with Crippen LogP contribution in [-0.4, -0.2) is 13.1 Å². The van der Waals surface area contributed by atoms with E-state index in [9.17, 15) is 4.79 Å². The third-order valence-electron chi connectivity index (χ3n) is 6.03. The van der Waals surface area contributed by atoms with Crippen LogP contribution in [0.25, 0.3) is 0 Å². The monoisotopic (exact) mass is 254 g/mol. The van der Waals surface area contributed by atoms with E-state index in [-0.39, 0.29) is 16.8 Å². The molecular formula is C16H30O2. The molecule has 0 amide bonds. The average Bonchev–Trinajstić information content (AvgIpc) is 2.77. The highest BCUT2D eigenvalue weighted by Crippen LogP contribution is 2.61. The zero-order valence-corrected chi connectivity index (χ0v) is 13.1. The summed E-state index contributed by atoms with van der Waals surface area (Å²) in [4.78, 5) is 12.5. The Bertz CT molecular complexity index is 306. The molecule has 2 atom stereocenters. The fourth-order valence-electron chi connectivity index (χ4n) is 3.78. The fraction of sp³-hybridized carbons (Fsp3) is 0.938. The molecule has 1 fully saturated rings. The highest BCUT2D eigenvalue weighted by atomic mass is 16.5. The predicted octanol–water partition coefficient (Wildman–Crippen LogP) is 4.57. The Hall–Kier alpha value is -0.530. The van der Waals surface area contributed by atoms with Gasteiger partial charge in [-0.1, -0.05) is 41.0 Å². The summed E-state index contributed by atoms with van der Waals surface area (Å²) in [6.45, 7) is 11.2. The lowest BCUT2D eigenvalue weighted by Crippen LogP contribution is -2.45. The lowest BCUT2D eigenvalue weighted by Gasteiger charge is -2.44. The first-order valence-corrected chi connectivity index (χ1v) is 7.41. The molecule has 2 heteroatoms. The average molecular weight is 254 g/mol. The molecule has 2 unspecified atom stereocenters. The number of ether oxygens (including phenoxy) is 1. The molecule has 1 aliphatic rings. The molecule has 0 spiro atoms. The zero-order valence-electron chi connectivity index (χ0n) is 13.1. The van der Waals surface area contributed by atoms with E-state index in [1.54, 1.807) is 0 Å². The van der Waals surface area contributed by atoms with Crippen molar-refractivity contribution in [2.24, 2.45) is 16.2 Å². The summed E-state index contributed by atoms with van der Waals surface area (Å²) in [5.41, 5.74) is 0.100. The number of hydrogen-bond acceptors (Lipinski definition) is 2. The number of esters is 1. The van der Waals surface area contributed by atoms with Crippen LogP contribution in [-0.2, 0) is 9.53 Å². The molecule has 0 aromatic carbocycles. The van der Waals surface area contributed by atoms with Crippen LogP contribution < -0.4 is 0 Å². The molecular weight excluding hydrogens is 224 g/mol. The molecule has 0 saturated heterocycles. The van der Waals surface area contributed by atoms with E-state index in [0.717, 1.165) is 38.5 Å². The Balaban J connectivity index is 3.18. The SMILES string of the molecule is CCC1(C)CCC(C(=O)OC)(C(C)(CC)CC)C1. The van der Waals surface area contributed by atoms with Gasteiger partial charge in [0.1, 0.15) is 0 Å². The van der Waals surface area contributed by atoms with Crippen LogP contribution in [0.2, 0.25) is 0 Å². The van der Waals surface area contributed by atoms with Gasteiger partial charge in [0.25, 0.3) is 0 Å². The molecule has 1 rings (SSSR count). The first-order chi connectivity index (χ1) is 8.33. The second kappa shape index (κ2) is 5.22. The van der Waals surface area contributed by atoms with Crippen molar-refractivity contribution in [1.82, 2.24) is 0 Å². The van der Waals surface area contributed by atoms with E-state index in [1.807, 2.05) is 0 Å². The normalized spacial score (nSPS) is 32.6. The minimum Gasteiger partial charge on any atom is -0.469 e. The molecule has 1 saturated carbocycles. The first-order valence-electron chi connectivity index (χ1n) is 7.41. The number of hydrogen-bond donors (Lipinski definition) is 0. The number of carbonyl (C=O) groups excluding carboxylic acids is 1. The van der Waals surface area contributed by atoms with Crippen molar-refractivity contribution in [3.8, 4) is 0 Å².